The first-order valence-corrected chi connectivity index (χ1v) is 9.09. The summed E-state index contributed by atoms with van der Waals surface area (Å²) in [6.07, 6.45) is 3.78. The molecule has 0 radical (unpaired) electrons. The van der Waals surface area contributed by atoms with E-state index in [9.17, 15) is 14.0 Å². The van der Waals surface area contributed by atoms with Gasteiger partial charge in [-0.25, -0.2) is 14.2 Å². The fourth-order valence-corrected chi connectivity index (χ4v) is 3.74. The molecule has 1 fully saturated rings. The second-order valence-corrected chi connectivity index (χ2v) is 7.27. The fourth-order valence-electron chi connectivity index (χ4n) is 2.83. The molecule has 6 nitrogen and oxygen atoms in total. The van der Waals surface area contributed by atoms with E-state index in [0.29, 0.717) is 34.0 Å². The molecule has 0 saturated heterocycles. The molecule has 0 aliphatic heterocycles. The van der Waals surface area contributed by atoms with Gasteiger partial charge in [-0.3, -0.25) is 4.79 Å². The molecule has 1 aromatic carbocycles. The predicted molar refractivity (Wildman–Crippen MR) is 94.4 cm³/mol. The summed E-state index contributed by atoms with van der Waals surface area (Å²) in [5.41, 5.74) is 6.96. The van der Waals surface area contributed by atoms with Crippen LogP contribution in [0.1, 0.15) is 39.8 Å². The lowest BCUT2D eigenvalue weighted by atomic mass is 9.98. The first-order valence-electron chi connectivity index (χ1n) is 8.21. The summed E-state index contributed by atoms with van der Waals surface area (Å²) in [6, 6.07) is 4.27. The number of ether oxygens (including phenoxy) is 1. The maximum absolute atomic E-state index is 13.6. The van der Waals surface area contributed by atoms with Gasteiger partial charge in [0, 0.05) is 22.5 Å². The van der Waals surface area contributed by atoms with E-state index in [2.05, 4.69) is 9.97 Å². The number of amides is 1. The van der Waals surface area contributed by atoms with E-state index >= 15 is 0 Å². The number of primary amides is 1. The number of thiazole rings is 1. The normalized spacial score (nSPS) is 15.1. The summed E-state index contributed by atoms with van der Waals surface area (Å²) in [6.45, 7) is 0.396. The number of carbonyl (C=O) groups excluding carboxylic acids is 2. The van der Waals surface area contributed by atoms with Crippen LogP contribution in [0.4, 0.5) is 4.39 Å². The first kappa shape index (κ1) is 16.7. The molecule has 134 valence electrons. The van der Waals surface area contributed by atoms with Crippen LogP contribution in [0, 0.1) is 11.7 Å². The second-order valence-electron chi connectivity index (χ2n) is 6.38. The predicted octanol–water partition coefficient (Wildman–Crippen LogP) is 2.95. The highest BCUT2D eigenvalue weighted by molar-refractivity contribution is 7.10. The molecule has 1 saturated carbocycles. The number of H-pyrrole nitrogens is 1. The van der Waals surface area contributed by atoms with E-state index < -0.39 is 23.6 Å². The SMILES string of the molecule is NC(=O)C(c1nc(C(=O)OCC2CC2)cs1)c1c[nH]c2ccc(F)cc12. The number of benzene rings is 1. The molecule has 1 aliphatic rings. The second kappa shape index (κ2) is 6.53. The van der Waals surface area contributed by atoms with E-state index in [1.54, 1.807) is 17.6 Å². The highest BCUT2D eigenvalue weighted by Gasteiger charge is 2.29. The summed E-state index contributed by atoms with van der Waals surface area (Å²) in [5.74, 6) is -1.96. The van der Waals surface area contributed by atoms with Gasteiger partial charge >= 0.3 is 5.97 Å². The molecule has 0 spiro atoms. The Morgan fingerprint density at radius 1 is 1.42 bits per heavy atom. The average Bonchev–Trinajstić information content (AvgIpc) is 3.17. The number of nitrogens with two attached hydrogens (primary N) is 1. The van der Waals surface area contributed by atoms with Crippen molar-refractivity contribution >= 4 is 34.1 Å². The van der Waals surface area contributed by atoms with Gasteiger partial charge in [0.25, 0.3) is 0 Å². The number of fused-ring (bicyclic) bond motifs is 1. The monoisotopic (exact) mass is 373 g/mol. The van der Waals surface area contributed by atoms with E-state index in [1.165, 1.54) is 12.1 Å². The number of rotatable bonds is 6. The van der Waals surface area contributed by atoms with Crippen molar-refractivity contribution < 1.29 is 18.7 Å². The molecule has 1 unspecified atom stereocenters. The van der Waals surface area contributed by atoms with Crippen LogP contribution in [0.3, 0.4) is 0 Å². The summed E-state index contributed by atoms with van der Waals surface area (Å²) in [7, 11) is 0. The van der Waals surface area contributed by atoms with Gasteiger partial charge < -0.3 is 15.5 Å². The Morgan fingerprint density at radius 2 is 2.23 bits per heavy atom. The van der Waals surface area contributed by atoms with Crippen molar-refractivity contribution in [1.29, 1.82) is 0 Å². The van der Waals surface area contributed by atoms with Crippen LogP contribution in [0.15, 0.2) is 29.8 Å². The molecule has 1 atom stereocenters. The maximum Gasteiger partial charge on any atom is 0.357 e. The van der Waals surface area contributed by atoms with Gasteiger partial charge in [0.2, 0.25) is 5.91 Å². The first-order chi connectivity index (χ1) is 12.5. The number of aromatic amines is 1. The largest absolute Gasteiger partial charge is 0.461 e. The van der Waals surface area contributed by atoms with Crippen LogP contribution in [0.5, 0.6) is 0 Å². The van der Waals surface area contributed by atoms with E-state index in [0.717, 1.165) is 24.2 Å². The molecular weight excluding hydrogens is 357 g/mol. The van der Waals surface area contributed by atoms with Gasteiger partial charge in [-0.15, -0.1) is 11.3 Å². The topological polar surface area (TPSA) is 98.1 Å². The van der Waals surface area contributed by atoms with Crippen molar-refractivity contribution in [1.82, 2.24) is 9.97 Å². The molecule has 3 aromatic rings. The van der Waals surface area contributed by atoms with Crippen LogP contribution < -0.4 is 5.73 Å². The maximum atomic E-state index is 13.6. The average molecular weight is 373 g/mol. The smallest absolute Gasteiger partial charge is 0.357 e. The third-order valence-electron chi connectivity index (χ3n) is 4.40. The highest BCUT2D eigenvalue weighted by atomic mass is 32.1. The highest BCUT2D eigenvalue weighted by Crippen LogP contribution is 2.33. The Balaban J connectivity index is 1.65. The molecular formula is C18H16FN3O3S. The molecule has 2 aromatic heterocycles. The summed E-state index contributed by atoms with van der Waals surface area (Å²) in [4.78, 5) is 31.4. The molecule has 1 aliphatic carbocycles. The lowest BCUT2D eigenvalue weighted by molar-refractivity contribution is -0.118. The van der Waals surface area contributed by atoms with Crippen molar-refractivity contribution in [3.63, 3.8) is 0 Å². The Labute approximate surface area is 152 Å². The molecule has 26 heavy (non-hydrogen) atoms. The van der Waals surface area contributed by atoms with Crippen molar-refractivity contribution in [3.05, 3.63) is 51.9 Å². The lowest BCUT2D eigenvalue weighted by Gasteiger charge is -2.09. The molecule has 8 heteroatoms. The minimum Gasteiger partial charge on any atom is -0.461 e. The van der Waals surface area contributed by atoms with Crippen LogP contribution in [0.25, 0.3) is 10.9 Å². The Bertz CT molecular complexity index is 993. The summed E-state index contributed by atoms with van der Waals surface area (Å²) >= 11 is 1.15. The number of nitrogens with zero attached hydrogens (tertiary/aromatic N) is 1. The summed E-state index contributed by atoms with van der Waals surface area (Å²) < 4.78 is 18.8. The number of hydrogen-bond donors (Lipinski definition) is 2. The third kappa shape index (κ3) is 3.20. The quantitative estimate of drug-likeness (QED) is 0.649. The van der Waals surface area contributed by atoms with E-state index in [-0.39, 0.29) is 5.69 Å². The van der Waals surface area contributed by atoms with Crippen LogP contribution in [0.2, 0.25) is 0 Å². The standard InChI is InChI=1S/C18H16FN3O3S/c19-10-3-4-13-11(5-10)12(6-21-13)15(16(20)23)17-22-14(8-26-17)18(24)25-7-9-1-2-9/h3-6,8-9,15,21H,1-2,7H2,(H2,20,23). The van der Waals surface area contributed by atoms with Gasteiger partial charge in [-0.2, -0.15) is 0 Å². The van der Waals surface area contributed by atoms with Crippen LogP contribution in [-0.2, 0) is 9.53 Å². The van der Waals surface area contributed by atoms with Crippen molar-refractivity contribution in [2.24, 2.45) is 11.7 Å². The minimum atomic E-state index is -0.875. The number of halogens is 1. The Morgan fingerprint density at radius 3 is 2.96 bits per heavy atom. The Kier molecular flexibility index (Phi) is 4.20. The summed E-state index contributed by atoms with van der Waals surface area (Å²) in [5, 5.41) is 2.48. The van der Waals surface area contributed by atoms with Gasteiger partial charge in [-0.1, -0.05) is 0 Å². The van der Waals surface area contributed by atoms with Crippen molar-refractivity contribution in [2.75, 3.05) is 6.61 Å². The van der Waals surface area contributed by atoms with E-state index in [1.807, 2.05) is 0 Å². The van der Waals surface area contributed by atoms with E-state index in [4.69, 9.17) is 10.5 Å². The van der Waals surface area contributed by atoms with Gasteiger partial charge in [0.15, 0.2) is 5.69 Å². The number of hydrogen-bond acceptors (Lipinski definition) is 5. The van der Waals surface area contributed by atoms with Gasteiger partial charge in [0.1, 0.15) is 16.7 Å². The number of nitrogens with one attached hydrogen (secondary N) is 1. The molecule has 1 amide bonds. The van der Waals surface area contributed by atoms with Gasteiger partial charge in [-0.05, 0) is 42.5 Å². The van der Waals surface area contributed by atoms with Crippen LogP contribution in [-0.4, -0.2) is 28.5 Å². The number of esters is 1. The fraction of sp³-hybridized carbons (Fsp3) is 0.278. The molecule has 4 rings (SSSR count). The minimum absolute atomic E-state index is 0.155. The number of aromatic nitrogens is 2. The molecule has 0 bridgehead atoms. The lowest BCUT2D eigenvalue weighted by Crippen LogP contribution is -2.22. The zero-order chi connectivity index (χ0) is 18.3. The van der Waals surface area contributed by atoms with Crippen molar-refractivity contribution in [3.8, 4) is 0 Å². The van der Waals surface area contributed by atoms with Crippen molar-refractivity contribution in [2.45, 2.75) is 18.8 Å². The third-order valence-corrected chi connectivity index (χ3v) is 5.31. The zero-order valence-electron chi connectivity index (χ0n) is 13.7. The molecule has 3 N–H and O–H groups in total. The Hall–Kier alpha value is -2.74. The molecule has 2 heterocycles. The van der Waals surface area contributed by atoms with Crippen LogP contribution >= 0.6 is 11.3 Å². The van der Waals surface area contributed by atoms with Gasteiger partial charge in [0.05, 0.1) is 6.61 Å². The number of carbonyl (C=O) groups is 2. The zero-order valence-corrected chi connectivity index (χ0v) is 14.5.